The molecule has 1 heterocycles. The molecule has 2 atom stereocenters. The zero-order valence-electron chi connectivity index (χ0n) is 13.5. The van der Waals surface area contributed by atoms with E-state index in [9.17, 15) is 0 Å². The minimum atomic E-state index is 0.519. The number of piperidine rings is 1. The number of rotatable bonds is 5. The molecule has 116 valence electrons. The van der Waals surface area contributed by atoms with Gasteiger partial charge in [0.2, 0.25) is 0 Å². The van der Waals surface area contributed by atoms with Gasteiger partial charge in [-0.3, -0.25) is 0 Å². The summed E-state index contributed by atoms with van der Waals surface area (Å²) < 4.78 is 5.96. The lowest BCUT2D eigenvalue weighted by Gasteiger charge is -2.62. The predicted molar refractivity (Wildman–Crippen MR) is 83.0 cm³/mol. The van der Waals surface area contributed by atoms with E-state index >= 15 is 0 Å². The van der Waals surface area contributed by atoms with Crippen molar-refractivity contribution in [2.24, 2.45) is 5.41 Å². The summed E-state index contributed by atoms with van der Waals surface area (Å²) in [5.41, 5.74) is 0.519. The van der Waals surface area contributed by atoms with Crippen molar-refractivity contribution in [3.63, 3.8) is 0 Å². The molecule has 3 aliphatic rings. The monoisotopic (exact) mass is 280 g/mol. The molecule has 0 amide bonds. The first-order chi connectivity index (χ1) is 9.65. The average Bonchev–Trinajstić information content (AvgIpc) is 2.36. The van der Waals surface area contributed by atoms with Gasteiger partial charge in [-0.1, -0.05) is 6.42 Å². The van der Waals surface area contributed by atoms with E-state index in [1.54, 1.807) is 0 Å². The number of hydrogen-bond donors (Lipinski definition) is 1. The van der Waals surface area contributed by atoms with Crippen LogP contribution in [0.3, 0.4) is 0 Å². The van der Waals surface area contributed by atoms with Gasteiger partial charge in [0.15, 0.2) is 0 Å². The maximum Gasteiger partial charge on any atom is 0.0661 e. The van der Waals surface area contributed by atoms with E-state index in [0.717, 1.165) is 18.7 Å². The lowest BCUT2D eigenvalue weighted by molar-refractivity contribution is -0.175. The van der Waals surface area contributed by atoms with Crippen LogP contribution in [0.25, 0.3) is 0 Å². The third kappa shape index (κ3) is 2.53. The van der Waals surface area contributed by atoms with Crippen molar-refractivity contribution >= 4 is 0 Å². The predicted octanol–water partition coefficient (Wildman–Crippen LogP) is 2.80. The molecular weight excluding hydrogens is 248 g/mol. The van der Waals surface area contributed by atoms with E-state index in [-0.39, 0.29) is 0 Å². The largest absolute Gasteiger partial charge is 0.378 e. The molecule has 0 aromatic heterocycles. The van der Waals surface area contributed by atoms with E-state index in [0.29, 0.717) is 17.6 Å². The Morgan fingerprint density at radius 2 is 1.95 bits per heavy atom. The number of nitrogens with zero attached hydrogens (tertiary/aromatic N) is 1. The second kappa shape index (κ2) is 5.94. The number of nitrogens with one attached hydrogen (secondary N) is 1. The smallest absolute Gasteiger partial charge is 0.0661 e. The van der Waals surface area contributed by atoms with E-state index in [4.69, 9.17) is 4.74 Å². The number of likely N-dealkylation sites (tertiary alicyclic amines) is 1. The molecule has 0 bridgehead atoms. The van der Waals surface area contributed by atoms with Gasteiger partial charge in [0.25, 0.3) is 0 Å². The Morgan fingerprint density at radius 3 is 2.45 bits per heavy atom. The van der Waals surface area contributed by atoms with Crippen LogP contribution in [0.4, 0.5) is 0 Å². The molecule has 3 heteroatoms. The topological polar surface area (TPSA) is 24.5 Å². The summed E-state index contributed by atoms with van der Waals surface area (Å²) in [5.74, 6) is 0. The molecule has 1 saturated heterocycles. The fourth-order valence-electron chi connectivity index (χ4n) is 4.54. The van der Waals surface area contributed by atoms with E-state index in [1.807, 2.05) is 0 Å². The van der Waals surface area contributed by atoms with E-state index in [2.05, 4.69) is 31.0 Å². The summed E-state index contributed by atoms with van der Waals surface area (Å²) in [5, 5.41) is 3.99. The Hall–Kier alpha value is -0.120. The van der Waals surface area contributed by atoms with Gasteiger partial charge in [0.1, 0.15) is 0 Å². The highest BCUT2D eigenvalue weighted by molar-refractivity contribution is 5.12. The van der Waals surface area contributed by atoms with Crippen molar-refractivity contribution in [2.45, 2.75) is 83.5 Å². The SMILES string of the molecule is CCOC1CC(NC2CCN(C(C)C)CC2)C12CCC2. The van der Waals surface area contributed by atoms with Crippen LogP contribution in [0, 0.1) is 5.41 Å². The fraction of sp³-hybridized carbons (Fsp3) is 1.00. The number of ether oxygens (including phenoxy) is 1. The van der Waals surface area contributed by atoms with Gasteiger partial charge in [-0.25, -0.2) is 0 Å². The quantitative estimate of drug-likeness (QED) is 0.838. The van der Waals surface area contributed by atoms with Crippen LogP contribution in [-0.4, -0.2) is 48.8 Å². The molecule has 3 fully saturated rings. The van der Waals surface area contributed by atoms with Crippen molar-refractivity contribution in [1.82, 2.24) is 10.2 Å². The summed E-state index contributed by atoms with van der Waals surface area (Å²) in [6.07, 6.45) is 8.63. The summed E-state index contributed by atoms with van der Waals surface area (Å²) >= 11 is 0. The van der Waals surface area contributed by atoms with Crippen molar-refractivity contribution in [2.75, 3.05) is 19.7 Å². The van der Waals surface area contributed by atoms with E-state index in [1.165, 1.54) is 51.6 Å². The molecule has 1 aliphatic heterocycles. The van der Waals surface area contributed by atoms with Gasteiger partial charge in [-0.2, -0.15) is 0 Å². The first-order valence-electron chi connectivity index (χ1n) is 8.77. The normalized spacial score (nSPS) is 34.2. The molecule has 3 rings (SSSR count). The maximum atomic E-state index is 5.96. The Kier molecular flexibility index (Phi) is 4.40. The highest BCUT2D eigenvalue weighted by Gasteiger charge is 2.59. The minimum Gasteiger partial charge on any atom is -0.378 e. The van der Waals surface area contributed by atoms with Crippen molar-refractivity contribution < 1.29 is 4.74 Å². The van der Waals surface area contributed by atoms with Crippen molar-refractivity contribution in [1.29, 1.82) is 0 Å². The Bertz CT molecular complexity index is 319. The third-order valence-electron chi connectivity index (χ3n) is 6.13. The Balaban J connectivity index is 1.48. The molecule has 0 aromatic rings. The van der Waals surface area contributed by atoms with Gasteiger partial charge >= 0.3 is 0 Å². The highest BCUT2D eigenvalue weighted by atomic mass is 16.5. The van der Waals surface area contributed by atoms with Crippen LogP contribution >= 0.6 is 0 Å². The van der Waals surface area contributed by atoms with Crippen LogP contribution in [-0.2, 0) is 4.74 Å². The molecule has 2 unspecified atom stereocenters. The summed E-state index contributed by atoms with van der Waals surface area (Å²) in [6, 6.07) is 2.19. The second-order valence-electron chi connectivity index (χ2n) is 7.39. The van der Waals surface area contributed by atoms with Gasteiger partial charge < -0.3 is 15.0 Å². The Morgan fingerprint density at radius 1 is 1.25 bits per heavy atom. The highest BCUT2D eigenvalue weighted by Crippen LogP contribution is 2.57. The first-order valence-corrected chi connectivity index (χ1v) is 8.77. The van der Waals surface area contributed by atoms with Crippen LogP contribution in [0.1, 0.15) is 59.3 Å². The van der Waals surface area contributed by atoms with Crippen LogP contribution in [0.5, 0.6) is 0 Å². The lowest BCUT2D eigenvalue weighted by atomic mass is 9.51. The van der Waals surface area contributed by atoms with Gasteiger partial charge in [-0.05, 0) is 66.0 Å². The van der Waals surface area contributed by atoms with Crippen LogP contribution in [0.2, 0.25) is 0 Å². The van der Waals surface area contributed by atoms with Gasteiger partial charge in [-0.15, -0.1) is 0 Å². The van der Waals surface area contributed by atoms with Crippen LogP contribution in [0.15, 0.2) is 0 Å². The molecule has 2 saturated carbocycles. The molecule has 1 N–H and O–H groups in total. The fourth-order valence-corrected chi connectivity index (χ4v) is 4.54. The standard InChI is InChI=1S/C17H32N2O/c1-4-20-16-12-15(17(16)8-5-9-17)18-14-6-10-19(11-7-14)13(2)3/h13-16,18H,4-12H2,1-3H3. The van der Waals surface area contributed by atoms with Crippen LogP contribution < -0.4 is 5.32 Å². The third-order valence-corrected chi connectivity index (χ3v) is 6.13. The summed E-state index contributed by atoms with van der Waals surface area (Å²) in [6.45, 7) is 10.2. The zero-order chi connectivity index (χ0) is 14.2. The molecule has 0 radical (unpaired) electrons. The minimum absolute atomic E-state index is 0.519. The zero-order valence-corrected chi connectivity index (χ0v) is 13.5. The number of hydrogen-bond acceptors (Lipinski definition) is 3. The molecule has 2 aliphatic carbocycles. The molecule has 0 aromatic carbocycles. The molecular formula is C17H32N2O. The summed E-state index contributed by atoms with van der Waals surface area (Å²) in [7, 11) is 0. The molecule has 1 spiro atoms. The van der Waals surface area contributed by atoms with Gasteiger partial charge in [0.05, 0.1) is 6.10 Å². The lowest BCUT2D eigenvalue weighted by Crippen LogP contribution is -2.68. The van der Waals surface area contributed by atoms with Crippen molar-refractivity contribution in [3.05, 3.63) is 0 Å². The Labute approximate surface area is 124 Å². The van der Waals surface area contributed by atoms with Crippen molar-refractivity contribution in [3.8, 4) is 0 Å². The van der Waals surface area contributed by atoms with Gasteiger partial charge in [0, 0.05) is 30.1 Å². The van der Waals surface area contributed by atoms with E-state index < -0.39 is 0 Å². The molecule has 20 heavy (non-hydrogen) atoms. The maximum absolute atomic E-state index is 5.96. The molecule has 3 nitrogen and oxygen atoms in total. The first kappa shape index (κ1) is 14.8. The summed E-state index contributed by atoms with van der Waals surface area (Å²) in [4.78, 5) is 2.61. The second-order valence-corrected chi connectivity index (χ2v) is 7.39. The average molecular weight is 280 g/mol.